The molecule has 4 rings (SSSR count). The summed E-state index contributed by atoms with van der Waals surface area (Å²) in [5, 5.41) is 25.8. The van der Waals surface area contributed by atoms with Gasteiger partial charge in [0.05, 0.1) is 19.2 Å². The van der Waals surface area contributed by atoms with Crippen molar-refractivity contribution in [1.82, 2.24) is 41.7 Å². The lowest BCUT2D eigenvalue weighted by Crippen LogP contribution is -2.60. The van der Waals surface area contributed by atoms with Crippen molar-refractivity contribution in [3.05, 3.63) is 0 Å². The van der Waals surface area contributed by atoms with Crippen molar-refractivity contribution in [1.29, 1.82) is 0 Å². The first-order valence-electron chi connectivity index (χ1n) is 25.1. The predicted molar refractivity (Wildman–Crippen MR) is 267 cm³/mol. The first-order chi connectivity index (χ1) is 34.5. The van der Waals surface area contributed by atoms with Crippen molar-refractivity contribution in [2.45, 2.75) is 121 Å². The molecule has 73 heavy (non-hydrogen) atoms. The number of carbonyl (C=O) groups excluding carboxylic acids is 9. The predicted octanol–water partition coefficient (Wildman–Crippen LogP) is -7.63. The highest BCUT2D eigenvalue weighted by Gasteiger charge is 2.69. The minimum atomic E-state index is -1.60. The molecule has 23 N–H and O–H groups in total. The molecule has 0 bridgehead atoms. The fraction of sp³-hybridized carbons (Fsp3) is 0.756. The average molecular weight is 1030 g/mol. The van der Waals surface area contributed by atoms with Crippen molar-refractivity contribution in [3.63, 3.8) is 0 Å². The molecule has 4 fully saturated rings. The van der Waals surface area contributed by atoms with Crippen LogP contribution in [-0.4, -0.2) is 181 Å². The monoisotopic (exact) mass is 1030 g/mol. The summed E-state index contributed by atoms with van der Waals surface area (Å²) in [6, 6.07) is -8.20. The Morgan fingerprint density at radius 1 is 0.644 bits per heavy atom. The maximum Gasteiger partial charge on any atom is 0.246 e. The number of guanidine groups is 2. The number of rotatable bonds is 30. The van der Waals surface area contributed by atoms with Crippen LogP contribution in [0.2, 0.25) is 0 Å². The van der Waals surface area contributed by atoms with Crippen LogP contribution in [0.4, 0.5) is 0 Å². The first-order valence-corrected chi connectivity index (χ1v) is 25.1. The Balaban J connectivity index is 1.54. The van der Waals surface area contributed by atoms with Gasteiger partial charge in [-0.15, -0.1) is 0 Å². The SMILES string of the molecule is CC[C@H](C)[C@H](NC(=O)[C@H](C)NC(=O)[C@@H]1[C@H]2[C@H](CCN)[C@H]2CN1C(=O)[C@@H]1[C@H]2[C@H](CCN)[C@H]2CN1C(=O)[C@H](CCCN=C(N)N)NC(=O)CNC(=O)[C@@H](NC(=O)[C@H](CCCN=C(N)N)NC(=O)CN)[C@@H](C)O)C(N)=O. The third kappa shape index (κ3) is 15.6. The van der Waals surface area contributed by atoms with Crippen LogP contribution in [0.1, 0.15) is 72.6 Å². The van der Waals surface area contributed by atoms with Gasteiger partial charge in [0.25, 0.3) is 0 Å². The number of aliphatic hydroxyl groups excluding tert-OH is 1. The second kappa shape index (κ2) is 27.1. The van der Waals surface area contributed by atoms with E-state index < -0.39 is 115 Å². The second-order valence-electron chi connectivity index (χ2n) is 19.6. The van der Waals surface area contributed by atoms with Gasteiger partial charge in [0.15, 0.2) is 11.9 Å². The van der Waals surface area contributed by atoms with Gasteiger partial charge >= 0.3 is 0 Å². The van der Waals surface area contributed by atoms with Crippen LogP contribution in [0.5, 0.6) is 0 Å². The Hall–Kier alpha value is -6.39. The Bertz CT molecular complexity index is 2070. The van der Waals surface area contributed by atoms with Crippen LogP contribution < -0.4 is 77.8 Å². The third-order valence-electron chi connectivity index (χ3n) is 14.5. The molecule has 15 atom stereocenters. The molecule has 4 aliphatic rings. The number of primary amides is 1. The van der Waals surface area contributed by atoms with E-state index in [0.717, 1.165) is 0 Å². The average Bonchev–Trinajstić information content (AvgIpc) is 4.05. The van der Waals surface area contributed by atoms with Crippen molar-refractivity contribution < 1.29 is 48.3 Å². The van der Waals surface area contributed by atoms with Crippen LogP contribution in [0.3, 0.4) is 0 Å². The summed E-state index contributed by atoms with van der Waals surface area (Å²) in [4.78, 5) is 133. The molecule has 2 aliphatic heterocycles. The van der Waals surface area contributed by atoms with Gasteiger partial charge in [-0.1, -0.05) is 20.3 Å². The number of nitrogens with two attached hydrogens (primary N) is 8. The number of aliphatic hydroxyl groups is 1. The maximum absolute atomic E-state index is 15.1. The van der Waals surface area contributed by atoms with Crippen molar-refractivity contribution in [3.8, 4) is 0 Å². The molecule has 2 heterocycles. The number of piperidine rings is 2. The number of nitrogens with zero attached hydrogens (tertiary/aromatic N) is 4. The molecule has 0 spiro atoms. The normalized spacial score (nSPS) is 25.1. The standard InChI is InChI=1S/C45H80N18O10/c1-5-20(2)33(37(49)67)60-38(68)21(3)57-41(71)35-31-23(10-12-46)25(31)18-62(35)43(73)36-32-24(11-13-47)26(32)19-63(36)42(72)28(9-7-15-55-45(52)53)59-30(66)17-56-40(70)34(22(4)64)61-39(69)27(58-29(65)16-48)8-6-14-54-44(50)51/h20-28,31-36,64H,5-19,46-48H2,1-4H3,(H2,49,67)(H,56,70)(H,57,71)(H,58,65)(H,59,66)(H,60,68)(H,61,69)(H4,50,51,54)(H4,52,53,55)/t20-,21-,22+,23+,24+,25+,26+,27-,28-,31-,32-,33-,34-,35-,36-/m0/s1. The van der Waals surface area contributed by atoms with Crippen molar-refractivity contribution >= 4 is 65.1 Å². The number of likely N-dealkylation sites (tertiary alicyclic amines) is 2. The van der Waals surface area contributed by atoms with Gasteiger partial charge in [-0.25, -0.2) is 0 Å². The highest BCUT2D eigenvalue weighted by atomic mass is 16.3. The number of carbonyl (C=O) groups is 9. The van der Waals surface area contributed by atoms with Crippen LogP contribution in [0.15, 0.2) is 9.98 Å². The van der Waals surface area contributed by atoms with Crippen molar-refractivity contribution in [2.75, 3.05) is 52.4 Å². The number of nitrogens with one attached hydrogen (secondary N) is 6. The van der Waals surface area contributed by atoms with Crippen LogP contribution in [-0.2, 0) is 43.2 Å². The summed E-state index contributed by atoms with van der Waals surface area (Å²) < 4.78 is 0. The molecule has 410 valence electrons. The molecule has 2 saturated heterocycles. The molecule has 28 heteroatoms. The van der Waals surface area contributed by atoms with E-state index in [0.29, 0.717) is 32.4 Å². The van der Waals surface area contributed by atoms with Gasteiger partial charge in [0.1, 0.15) is 42.3 Å². The number of hydrogen-bond acceptors (Lipinski definition) is 15. The van der Waals surface area contributed by atoms with Crippen LogP contribution >= 0.6 is 0 Å². The summed E-state index contributed by atoms with van der Waals surface area (Å²) >= 11 is 0. The largest absolute Gasteiger partial charge is 0.391 e. The van der Waals surface area contributed by atoms with Crippen LogP contribution in [0, 0.1) is 41.4 Å². The number of fused-ring (bicyclic) bond motifs is 2. The number of amides is 9. The topological polar surface area (TPSA) is 485 Å². The fourth-order valence-corrected chi connectivity index (χ4v) is 10.5. The molecular weight excluding hydrogens is 953 g/mol. The van der Waals surface area contributed by atoms with Gasteiger partial charge in [-0.2, -0.15) is 0 Å². The summed E-state index contributed by atoms with van der Waals surface area (Å²) in [5.41, 5.74) is 44.7. The Morgan fingerprint density at radius 2 is 1.16 bits per heavy atom. The smallest absolute Gasteiger partial charge is 0.246 e. The fourth-order valence-electron chi connectivity index (χ4n) is 10.5. The molecular formula is C45H80N18O10. The van der Waals surface area contributed by atoms with Gasteiger partial charge in [0, 0.05) is 26.2 Å². The molecule has 0 aromatic carbocycles. The van der Waals surface area contributed by atoms with Crippen molar-refractivity contribution in [2.24, 2.45) is 97.3 Å². The Kier molecular flexibility index (Phi) is 21.9. The van der Waals surface area contributed by atoms with Gasteiger partial charge < -0.3 is 92.7 Å². The lowest BCUT2D eigenvalue weighted by molar-refractivity contribution is -0.150. The zero-order chi connectivity index (χ0) is 54.4. The van der Waals surface area contributed by atoms with E-state index in [1.165, 1.54) is 23.6 Å². The number of aliphatic imine (C=N–C) groups is 2. The lowest BCUT2D eigenvalue weighted by atomic mass is 9.98. The van der Waals surface area contributed by atoms with Gasteiger partial charge in [-0.05, 0) is 107 Å². The Morgan fingerprint density at radius 3 is 1.67 bits per heavy atom. The van der Waals surface area contributed by atoms with E-state index in [2.05, 4.69) is 41.9 Å². The van der Waals surface area contributed by atoms with E-state index in [9.17, 15) is 43.5 Å². The maximum atomic E-state index is 15.1. The highest BCUT2D eigenvalue weighted by Crippen LogP contribution is 2.60. The molecule has 0 aromatic rings. The molecule has 28 nitrogen and oxygen atoms in total. The summed E-state index contributed by atoms with van der Waals surface area (Å²) in [6.07, 6.45) is 0.729. The van der Waals surface area contributed by atoms with E-state index in [1.807, 2.05) is 6.92 Å². The highest BCUT2D eigenvalue weighted by molar-refractivity contribution is 5.99. The summed E-state index contributed by atoms with van der Waals surface area (Å²) in [6.45, 7) is 6.41. The van der Waals surface area contributed by atoms with Crippen LogP contribution in [0.25, 0.3) is 0 Å². The molecule has 0 radical (unpaired) electrons. The van der Waals surface area contributed by atoms with E-state index >= 15 is 4.79 Å². The summed E-state index contributed by atoms with van der Waals surface area (Å²) in [7, 11) is 0. The van der Waals surface area contributed by atoms with E-state index in [1.54, 1.807) is 6.92 Å². The second-order valence-corrected chi connectivity index (χ2v) is 19.6. The zero-order valence-electron chi connectivity index (χ0n) is 42.3. The molecule has 2 aliphatic carbocycles. The molecule has 0 unspecified atom stereocenters. The molecule has 0 aromatic heterocycles. The molecule has 9 amide bonds. The quantitative estimate of drug-likeness (QED) is 0.0181. The van der Waals surface area contributed by atoms with E-state index in [-0.39, 0.29) is 105 Å². The number of hydrogen-bond donors (Lipinski definition) is 15. The minimum Gasteiger partial charge on any atom is -0.391 e. The van der Waals surface area contributed by atoms with Gasteiger partial charge in [-0.3, -0.25) is 53.1 Å². The van der Waals surface area contributed by atoms with Gasteiger partial charge in [0.2, 0.25) is 53.2 Å². The summed E-state index contributed by atoms with van der Waals surface area (Å²) in [5.74, 6) is -7.64. The first kappa shape index (κ1) is 59.2. The molecule has 2 saturated carbocycles. The third-order valence-corrected chi connectivity index (χ3v) is 14.5. The lowest BCUT2D eigenvalue weighted by Gasteiger charge is -2.37. The minimum absolute atomic E-state index is 0.00696. The Labute approximate surface area is 424 Å². The van der Waals surface area contributed by atoms with E-state index in [4.69, 9.17) is 45.9 Å². The zero-order valence-corrected chi connectivity index (χ0v) is 42.3.